The van der Waals surface area contributed by atoms with Crippen molar-refractivity contribution in [3.05, 3.63) is 88.6 Å². The number of nitrogens with one attached hydrogen (secondary N) is 1. The van der Waals surface area contributed by atoms with Gasteiger partial charge >= 0.3 is 0 Å². The van der Waals surface area contributed by atoms with Gasteiger partial charge in [-0.25, -0.2) is 4.98 Å². The van der Waals surface area contributed by atoms with Crippen molar-refractivity contribution in [1.29, 1.82) is 0 Å². The first-order chi connectivity index (χ1) is 15.5. The SMILES string of the molecule is Cc1ccc(-c2nc(CCNC(=O)c3ccc(OCc4c(C)noc4C)cc3)co2)cc1. The zero-order valence-corrected chi connectivity index (χ0v) is 18.3. The summed E-state index contributed by atoms with van der Waals surface area (Å²) in [5.74, 6) is 1.85. The van der Waals surface area contributed by atoms with Crippen LogP contribution in [0.5, 0.6) is 5.75 Å². The predicted octanol–water partition coefficient (Wildman–Crippen LogP) is 4.81. The minimum Gasteiger partial charge on any atom is -0.489 e. The van der Waals surface area contributed by atoms with Gasteiger partial charge in [0.15, 0.2) is 0 Å². The van der Waals surface area contributed by atoms with E-state index in [1.807, 2.05) is 45.0 Å². The number of amides is 1. The topological polar surface area (TPSA) is 90.4 Å². The predicted molar refractivity (Wildman–Crippen MR) is 119 cm³/mol. The van der Waals surface area contributed by atoms with E-state index in [0.29, 0.717) is 36.8 Å². The van der Waals surface area contributed by atoms with Crippen LogP contribution in [-0.4, -0.2) is 22.6 Å². The number of aromatic nitrogens is 2. The Labute approximate surface area is 186 Å². The molecule has 0 radical (unpaired) electrons. The van der Waals surface area contributed by atoms with E-state index in [0.717, 1.165) is 28.3 Å². The summed E-state index contributed by atoms with van der Waals surface area (Å²) in [6.07, 6.45) is 2.21. The first-order valence-corrected chi connectivity index (χ1v) is 10.4. The summed E-state index contributed by atoms with van der Waals surface area (Å²) in [5, 5.41) is 6.83. The minimum atomic E-state index is -0.149. The van der Waals surface area contributed by atoms with E-state index in [1.165, 1.54) is 5.56 Å². The normalized spacial score (nSPS) is 10.8. The van der Waals surface area contributed by atoms with Gasteiger partial charge in [-0.2, -0.15) is 0 Å². The third-order valence-electron chi connectivity index (χ3n) is 5.20. The molecule has 32 heavy (non-hydrogen) atoms. The summed E-state index contributed by atoms with van der Waals surface area (Å²) in [6, 6.07) is 15.0. The molecule has 0 fully saturated rings. The van der Waals surface area contributed by atoms with Crippen molar-refractivity contribution < 1.29 is 18.5 Å². The van der Waals surface area contributed by atoms with Crippen LogP contribution in [0, 0.1) is 20.8 Å². The number of aryl methyl sites for hydroxylation is 3. The highest BCUT2D eigenvalue weighted by Crippen LogP contribution is 2.20. The molecule has 0 aliphatic heterocycles. The number of carbonyl (C=O) groups is 1. The van der Waals surface area contributed by atoms with Crippen LogP contribution in [0.15, 0.2) is 63.7 Å². The van der Waals surface area contributed by atoms with Gasteiger partial charge in [0.25, 0.3) is 5.91 Å². The fraction of sp³-hybridized carbons (Fsp3) is 0.240. The standard InChI is InChI=1S/C25H25N3O4/c1-16-4-6-20(7-5-16)25-27-21(14-31-25)12-13-26-24(29)19-8-10-22(11-9-19)30-15-23-17(2)28-32-18(23)3/h4-11,14H,12-13,15H2,1-3H3,(H,26,29). The lowest BCUT2D eigenvalue weighted by atomic mass is 10.1. The Morgan fingerprint density at radius 3 is 2.47 bits per heavy atom. The van der Waals surface area contributed by atoms with Gasteiger partial charge in [0, 0.05) is 24.1 Å². The van der Waals surface area contributed by atoms with Crippen molar-refractivity contribution in [3.8, 4) is 17.2 Å². The second-order valence-electron chi connectivity index (χ2n) is 7.63. The van der Waals surface area contributed by atoms with Crippen LogP contribution in [0.2, 0.25) is 0 Å². The third kappa shape index (κ3) is 5.06. The minimum absolute atomic E-state index is 0.149. The quantitative estimate of drug-likeness (QED) is 0.431. The van der Waals surface area contributed by atoms with Gasteiger partial charge in [-0.05, 0) is 57.2 Å². The maximum absolute atomic E-state index is 12.4. The molecular weight excluding hydrogens is 406 g/mol. The molecule has 0 spiro atoms. The van der Waals surface area contributed by atoms with Crippen LogP contribution in [0.25, 0.3) is 11.5 Å². The largest absolute Gasteiger partial charge is 0.489 e. The van der Waals surface area contributed by atoms with Crippen molar-refractivity contribution in [2.45, 2.75) is 33.8 Å². The molecule has 7 heteroatoms. The van der Waals surface area contributed by atoms with Gasteiger partial charge in [-0.3, -0.25) is 4.79 Å². The smallest absolute Gasteiger partial charge is 0.251 e. The molecule has 0 saturated carbocycles. The Balaban J connectivity index is 1.26. The first kappa shape index (κ1) is 21.4. The Morgan fingerprint density at radius 1 is 1.03 bits per heavy atom. The highest BCUT2D eigenvalue weighted by molar-refractivity contribution is 5.94. The molecule has 0 atom stereocenters. The molecule has 1 amide bonds. The lowest BCUT2D eigenvalue weighted by Gasteiger charge is -2.07. The summed E-state index contributed by atoms with van der Waals surface area (Å²) in [6.45, 7) is 6.60. The van der Waals surface area contributed by atoms with Crippen LogP contribution in [0.1, 0.15) is 38.6 Å². The molecule has 7 nitrogen and oxygen atoms in total. The average molecular weight is 431 g/mol. The van der Waals surface area contributed by atoms with E-state index < -0.39 is 0 Å². The molecule has 4 rings (SSSR count). The Morgan fingerprint density at radius 2 is 1.78 bits per heavy atom. The third-order valence-corrected chi connectivity index (χ3v) is 5.20. The Hall–Kier alpha value is -3.87. The van der Waals surface area contributed by atoms with Crippen LogP contribution in [0.3, 0.4) is 0 Å². The lowest BCUT2D eigenvalue weighted by Crippen LogP contribution is -2.25. The Bertz CT molecular complexity index is 1170. The number of rotatable bonds is 8. The molecule has 0 aliphatic rings. The second kappa shape index (κ2) is 9.51. The van der Waals surface area contributed by atoms with E-state index in [4.69, 9.17) is 13.7 Å². The Kier molecular flexibility index (Phi) is 6.35. The van der Waals surface area contributed by atoms with Crippen molar-refractivity contribution >= 4 is 5.91 Å². The average Bonchev–Trinajstić information content (AvgIpc) is 3.39. The van der Waals surface area contributed by atoms with Crippen LogP contribution >= 0.6 is 0 Å². The molecule has 0 unspecified atom stereocenters. The zero-order valence-electron chi connectivity index (χ0n) is 18.3. The maximum Gasteiger partial charge on any atom is 0.251 e. The molecule has 0 bridgehead atoms. The van der Waals surface area contributed by atoms with Crippen molar-refractivity contribution in [1.82, 2.24) is 15.5 Å². The molecule has 2 aromatic heterocycles. The summed E-state index contributed by atoms with van der Waals surface area (Å²) in [5.41, 5.74) is 5.23. The number of ether oxygens (including phenoxy) is 1. The zero-order chi connectivity index (χ0) is 22.5. The molecule has 4 aromatic rings. The van der Waals surface area contributed by atoms with E-state index >= 15 is 0 Å². The van der Waals surface area contributed by atoms with E-state index in [9.17, 15) is 4.79 Å². The number of benzene rings is 2. The number of oxazole rings is 1. The monoisotopic (exact) mass is 431 g/mol. The second-order valence-corrected chi connectivity index (χ2v) is 7.63. The van der Waals surface area contributed by atoms with Crippen LogP contribution in [0.4, 0.5) is 0 Å². The van der Waals surface area contributed by atoms with Gasteiger partial charge in [0.1, 0.15) is 24.4 Å². The van der Waals surface area contributed by atoms with Gasteiger partial charge < -0.3 is 19.0 Å². The van der Waals surface area contributed by atoms with Crippen molar-refractivity contribution in [2.75, 3.05) is 6.54 Å². The van der Waals surface area contributed by atoms with Gasteiger partial charge in [0.2, 0.25) is 5.89 Å². The highest BCUT2D eigenvalue weighted by Gasteiger charge is 2.11. The molecular formula is C25H25N3O4. The fourth-order valence-electron chi connectivity index (χ4n) is 3.22. The summed E-state index contributed by atoms with van der Waals surface area (Å²) < 4.78 is 16.5. The number of hydrogen-bond donors (Lipinski definition) is 1. The van der Waals surface area contributed by atoms with E-state index in [-0.39, 0.29) is 5.91 Å². The van der Waals surface area contributed by atoms with E-state index in [1.54, 1.807) is 30.5 Å². The molecule has 2 heterocycles. The summed E-state index contributed by atoms with van der Waals surface area (Å²) in [4.78, 5) is 16.9. The summed E-state index contributed by atoms with van der Waals surface area (Å²) >= 11 is 0. The number of carbonyl (C=O) groups excluding carboxylic acids is 1. The molecule has 0 aliphatic carbocycles. The molecule has 1 N–H and O–H groups in total. The number of hydrogen-bond acceptors (Lipinski definition) is 6. The highest BCUT2D eigenvalue weighted by atomic mass is 16.5. The van der Waals surface area contributed by atoms with Gasteiger partial charge in [-0.15, -0.1) is 0 Å². The molecule has 0 saturated heterocycles. The number of nitrogens with zero attached hydrogens (tertiary/aromatic N) is 2. The molecule has 164 valence electrons. The lowest BCUT2D eigenvalue weighted by molar-refractivity contribution is 0.0954. The first-order valence-electron chi connectivity index (χ1n) is 10.4. The van der Waals surface area contributed by atoms with Gasteiger partial charge in [0.05, 0.1) is 17.0 Å². The van der Waals surface area contributed by atoms with Crippen molar-refractivity contribution in [2.24, 2.45) is 0 Å². The molecule has 2 aromatic carbocycles. The maximum atomic E-state index is 12.4. The van der Waals surface area contributed by atoms with Crippen LogP contribution < -0.4 is 10.1 Å². The van der Waals surface area contributed by atoms with E-state index in [2.05, 4.69) is 15.5 Å². The fourth-order valence-corrected chi connectivity index (χ4v) is 3.22. The van der Waals surface area contributed by atoms with Crippen molar-refractivity contribution in [3.63, 3.8) is 0 Å². The van der Waals surface area contributed by atoms with Crippen LogP contribution in [-0.2, 0) is 13.0 Å². The van der Waals surface area contributed by atoms with Gasteiger partial charge in [-0.1, -0.05) is 22.9 Å². The summed E-state index contributed by atoms with van der Waals surface area (Å²) in [7, 11) is 0.